The topological polar surface area (TPSA) is 272 Å². The van der Waals surface area contributed by atoms with E-state index in [2.05, 4.69) is 14.6 Å². The van der Waals surface area contributed by atoms with E-state index in [1.54, 1.807) is 18.2 Å². The Morgan fingerprint density at radius 3 is 2.25 bits per heavy atom. The molecule has 1 aromatic carbocycles. The number of methoxy groups -OCH3 is 1. The molecule has 22 heteroatoms. The summed E-state index contributed by atoms with van der Waals surface area (Å²) in [6.45, 7) is 5.66. The second-order valence-electron chi connectivity index (χ2n) is 12.4. The molecule has 0 aliphatic carbocycles. The number of fused-ring (bicyclic) bond motifs is 1. The van der Waals surface area contributed by atoms with E-state index < -0.39 is 88.6 Å². The number of benzene rings is 1. The van der Waals surface area contributed by atoms with E-state index in [1.807, 2.05) is 6.07 Å². The summed E-state index contributed by atoms with van der Waals surface area (Å²) in [5.41, 5.74) is -2.62. The Morgan fingerprint density at radius 1 is 1.02 bits per heavy atom. The van der Waals surface area contributed by atoms with Crippen molar-refractivity contribution in [1.82, 2.24) is 19.3 Å². The van der Waals surface area contributed by atoms with Crippen molar-refractivity contribution in [2.45, 2.75) is 71.3 Å². The van der Waals surface area contributed by atoms with Gasteiger partial charge in [0.1, 0.15) is 42.4 Å². The number of phosphoric acid groups is 1. The molecule has 1 aliphatic heterocycles. The Hall–Kier alpha value is -4.44. The summed E-state index contributed by atoms with van der Waals surface area (Å²) in [5.74, 6) is -3.92. The molecule has 0 spiro atoms. The predicted octanol–water partition coefficient (Wildman–Crippen LogP) is 2.51. The molecule has 53 heavy (non-hydrogen) atoms. The van der Waals surface area contributed by atoms with E-state index in [4.69, 9.17) is 33.4 Å². The number of rotatable bonds is 16. The Bertz CT molecular complexity index is 2010. The lowest BCUT2D eigenvalue weighted by molar-refractivity contribution is -0.173. The van der Waals surface area contributed by atoms with Crippen LogP contribution in [0.3, 0.4) is 0 Å². The fourth-order valence-corrected chi connectivity index (χ4v) is 6.81. The van der Waals surface area contributed by atoms with Crippen molar-refractivity contribution in [2.24, 2.45) is 11.8 Å². The van der Waals surface area contributed by atoms with E-state index in [1.165, 1.54) is 63.4 Å². The Labute approximate surface area is 303 Å². The molecule has 20 nitrogen and oxygen atoms in total. The quantitative estimate of drug-likeness (QED) is 0.0923. The van der Waals surface area contributed by atoms with Gasteiger partial charge in [-0.05, 0) is 31.2 Å². The molecule has 0 bridgehead atoms. The minimum absolute atomic E-state index is 0.0237. The summed E-state index contributed by atoms with van der Waals surface area (Å²) < 4.78 is 67.1. The van der Waals surface area contributed by atoms with Crippen molar-refractivity contribution >= 4 is 39.0 Å². The van der Waals surface area contributed by atoms with Crippen LogP contribution >= 0.6 is 15.6 Å². The van der Waals surface area contributed by atoms with Gasteiger partial charge in [0.15, 0.2) is 24.4 Å². The molecule has 1 saturated heterocycles. The van der Waals surface area contributed by atoms with Crippen LogP contribution in [0.4, 0.5) is 0 Å². The Balaban J connectivity index is 1.88. The maximum absolute atomic E-state index is 14.3. The van der Waals surface area contributed by atoms with Gasteiger partial charge in [-0.25, -0.2) is 23.3 Å². The van der Waals surface area contributed by atoms with Gasteiger partial charge in [-0.1, -0.05) is 45.9 Å². The highest BCUT2D eigenvalue weighted by Crippen LogP contribution is 2.50. The molecule has 6 atom stereocenters. The maximum Gasteiger partial charge on any atom is 0.471 e. The molecule has 1 fully saturated rings. The molecular weight excluding hydrogens is 742 g/mol. The number of carbonyl (C=O) groups is 3. The van der Waals surface area contributed by atoms with Gasteiger partial charge in [-0.3, -0.25) is 28.8 Å². The van der Waals surface area contributed by atoms with E-state index in [9.17, 15) is 38.6 Å². The average Bonchev–Trinajstić information content (AvgIpc) is 3.67. The van der Waals surface area contributed by atoms with E-state index in [0.29, 0.717) is 0 Å². The number of nitrogens with one attached hydrogen (secondary N) is 2. The molecule has 0 amide bonds. The van der Waals surface area contributed by atoms with Crippen LogP contribution in [0.1, 0.15) is 46.4 Å². The van der Waals surface area contributed by atoms with Crippen LogP contribution in [-0.4, -0.2) is 79.4 Å². The van der Waals surface area contributed by atoms with Crippen LogP contribution in [0.15, 0.2) is 48.8 Å². The van der Waals surface area contributed by atoms with Gasteiger partial charge in [-0.15, -0.1) is 0 Å². The molecule has 288 valence electrons. The summed E-state index contributed by atoms with van der Waals surface area (Å²) in [6, 6.07) is 11.2. The van der Waals surface area contributed by atoms with Gasteiger partial charge in [0.05, 0.1) is 24.6 Å². The minimum Gasteiger partial charge on any atom is -0.468 e. The third-order valence-corrected chi connectivity index (χ3v) is 9.77. The van der Waals surface area contributed by atoms with Gasteiger partial charge in [-0.2, -0.15) is 10.3 Å². The summed E-state index contributed by atoms with van der Waals surface area (Å²) in [6.07, 6.45) is -3.89. The monoisotopic (exact) mass is 782 g/mol. The number of aromatic nitrogens is 3. The molecule has 1 unspecified atom stereocenters. The molecule has 2 aromatic heterocycles. The molecule has 0 saturated carbocycles. The van der Waals surface area contributed by atoms with Gasteiger partial charge < -0.3 is 33.3 Å². The van der Waals surface area contributed by atoms with Crippen molar-refractivity contribution in [3.05, 3.63) is 60.0 Å². The van der Waals surface area contributed by atoms with E-state index in [-0.39, 0.29) is 22.4 Å². The molecular formula is C31H40N6O14P2. The number of hydrogen-bond donors (Lipinski definition) is 4. The molecule has 4 N–H and O–H groups in total. The van der Waals surface area contributed by atoms with Crippen molar-refractivity contribution in [2.75, 3.05) is 13.7 Å². The standard InChI is InChI=1S/C31H40N6O14P2/c1-18(2)28(38)48-25-24(22-12-13-23-27(33)34-16-36(37(22)23)17-47-53(42,43)44)50-31(14-32,26(25)49-29(39)19(3)4)15-46-52(41,35-20(5)30(40)45-6)51-21-10-8-7-9-11-21/h7-13,16,18-20,24-26,33H,15,17H2,1-6H3,(H,35,41)(H2,42,43,44)/t20-,24-,25-,26-,31+,52?/m0/s1. The second-order valence-corrected chi connectivity index (χ2v) is 15.3. The first-order valence-electron chi connectivity index (χ1n) is 16.0. The van der Waals surface area contributed by atoms with Gasteiger partial charge in [0.2, 0.25) is 5.60 Å². The first-order chi connectivity index (χ1) is 24.8. The smallest absolute Gasteiger partial charge is 0.468 e. The van der Waals surface area contributed by atoms with Crippen molar-refractivity contribution in [3.63, 3.8) is 0 Å². The third-order valence-electron chi connectivity index (χ3n) is 7.70. The van der Waals surface area contributed by atoms with Crippen molar-refractivity contribution < 1.29 is 65.8 Å². The summed E-state index contributed by atoms with van der Waals surface area (Å²) in [5, 5.41) is 21.6. The second kappa shape index (κ2) is 16.7. The number of nitriles is 1. The highest BCUT2D eigenvalue weighted by atomic mass is 31.2. The lowest BCUT2D eigenvalue weighted by atomic mass is 9.95. The average molecular weight is 783 g/mol. The van der Waals surface area contributed by atoms with Crippen molar-refractivity contribution in [1.29, 1.82) is 10.7 Å². The predicted molar refractivity (Wildman–Crippen MR) is 179 cm³/mol. The number of para-hydroxylation sites is 1. The van der Waals surface area contributed by atoms with E-state index in [0.717, 1.165) is 18.1 Å². The number of hydrogen-bond acceptors (Lipinski definition) is 15. The van der Waals surface area contributed by atoms with Crippen LogP contribution in [0.25, 0.3) is 5.52 Å². The Kier molecular flexibility index (Phi) is 13.0. The summed E-state index contributed by atoms with van der Waals surface area (Å²) in [4.78, 5) is 61.4. The third kappa shape index (κ3) is 9.76. The number of esters is 3. The number of ether oxygens (including phenoxy) is 4. The highest BCUT2D eigenvalue weighted by Gasteiger charge is 2.62. The maximum atomic E-state index is 14.3. The lowest BCUT2D eigenvalue weighted by Crippen LogP contribution is -2.50. The fourth-order valence-electron chi connectivity index (χ4n) is 5.02. The Morgan fingerprint density at radius 2 is 1.66 bits per heavy atom. The van der Waals surface area contributed by atoms with Gasteiger partial charge in [0, 0.05) is 0 Å². The van der Waals surface area contributed by atoms with Gasteiger partial charge in [0.25, 0.3) is 0 Å². The SMILES string of the molecule is COC(=O)[C@H](C)NP(=O)(OC[C@@]1(C#N)O[C@@H](c2ccc3c(=N)ncn(COP(=O)(O)O)n23)[C@H](OC(=O)C(C)C)[C@@H]1OC(=O)C(C)C)Oc1ccccc1. The zero-order chi connectivity index (χ0) is 39.3. The molecule has 0 radical (unpaired) electrons. The first-order valence-corrected chi connectivity index (χ1v) is 19.1. The molecule has 3 heterocycles. The molecule has 1 aliphatic rings. The number of phosphoric ester groups is 1. The highest BCUT2D eigenvalue weighted by molar-refractivity contribution is 7.52. The van der Waals surface area contributed by atoms with Crippen LogP contribution in [0, 0.1) is 28.6 Å². The summed E-state index contributed by atoms with van der Waals surface area (Å²) in [7, 11) is -8.54. The van der Waals surface area contributed by atoms with Crippen LogP contribution in [0.5, 0.6) is 5.75 Å². The van der Waals surface area contributed by atoms with Crippen LogP contribution in [-0.2, 0) is 58.2 Å². The zero-order valence-electron chi connectivity index (χ0n) is 29.5. The van der Waals surface area contributed by atoms with Crippen molar-refractivity contribution in [3.8, 4) is 11.8 Å². The van der Waals surface area contributed by atoms with Gasteiger partial charge >= 0.3 is 33.5 Å². The normalized spacial score (nSPS) is 21.9. The number of nitrogens with zero attached hydrogens (tertiary/aromatic N) is 4. The molecule has 4 rings (SSSR count). The number of carbonyl (C=O) groups excluding carboxylic acids is 3. The lowest BCUT2D eigenvalue weighted by Gasteiger charge is -2.31. The first kappa shape index (κ1) is 41.3. The van der Waals surface area contributed by atoms with Crippen LogP contribution < -0.4 is 15.1 Å². The zero-order valence-corrected chi connectivity index (χ0v) is 31.3. The van der Waals surface area contributed by atoms with Crippen LogP contribution in [0.2, 0.25) is 0 Å². The minimum atomic E-state index is -5.01. The fraction of sp³-hybridized carbons (Fsp3) is 0.484. The summed E-state index contributed by atoms with van der Waals surface area (Å²) >= 11 is 0. The molecule has 3 aromatic rings. The largest absolute Gasteiger partial charge is 0.471 e. The van der Waals surface area contributed by atoms with E-state index >= 15 is 0 Å².